The number of alkyl halides is 3. The summed E-state index contributed by atoms with van der Waals surface area (Å²) in [6, 6.07) is 7.06. The van der Waals surface area contributed by atoms with Gasteiger partial charge in [0.25, 0.3) is 0 Å². The number of amides is 1. The summed E-state index contributed by atoms with van der Waals surface area (Å²) in [4.78, 5) is 29.7. The third-order valence-corrected chi connectivity index (χ3v) is 3.60. The molecule has 0 saturated carbocycles. The van der Waals surface area contributed by atoms with Crippen LogP contribution in [0, 0.1) is 0 Å². The van der Waals surface area contributed by atoms with Gasteiger partial charge in [0, 0.05) is 23.2 Å². The minimum absolute atomic E-state index is 0.141. The number of benzene rings is 1. The van der Waals surface area contributed by atoms with Crippen LogP contribution in [0.5, 0.6) is 0 Å². The highest BCUT2D eigenvalue weighted by molar-refractivity contribution is 7.99. The topological polar surface area (TPSA) is 92.2 Å². The highest BCUT2D eigenvalue weighted by atomic mass is 32.2. The first-order valence-corrected chi connectivity index (χ1v) is 7.46. The van der Waals surface area contributed by atoms with E-state index in [4.69, 9.17) is 5.11 Å². The number of carbonyl (C=O) groups is 2. The van der Waals surface area contributed by atoms with Crippen molar-refractivity contribution in [2.45, 2.75) is 16.2 Å². The molecule has 0 spiro atoms. The first-order valence-electron chi connectivity index (χ1n) is 6.65. The second kappa shape index (κ2) is 7.79. The van der Waals surface area contributed by atoms with Crippen LogP contribution in [0.15, 0.2) is 58.7 Å². The van der Waals surface area contributed by atoms with Gasteiger partial charge in [0.05, 0.1) is 5.69 Å². The second-order valence-electron chi connectivity index (χ2n) is 4.48. The average Bonchev–Trinajstić information content (AvgIpc) is 2.54. The smallest absolute Gasteiger partial charge is 0.433 e. The van der Waals surface area contributed by atoms with E-state index in [-0.39, 0.29) is 10.8 Å². The molecule has 0 aliphatic heterocycles. The lowest BCUT2D eigenvalue weighted by Crippen LogP contribution is -2.10. The molecule has 0 atom stereocenters. The first kappa shape index (κ1) is 18.5. The number of carboxylic acid groups (broad SMARTS) is 1. The Labute approximate surface area is 143 Å². The van der Waals surface area contributed by atoms with Gasteiger partial charge in [-0.25, -0.2) is 14.8 Å². The number of nitrogens with zero attached hydrogens (tertiary/aromatic N) is 2. The van der Waals surface area contributed by atoms with Crippen molar-refractivity contribution in [1.82, 2.24) is 9.97 Å². The van der Waals surface area contributed by atoms with Crippen LogP contribution in [0.3, 0.4) is 0 Å². The molecular weight excluding hydrogens is 359 g/mol. The quantitative estimate of drug-likeness (QED) is 0.621. The SMILES string of the molecule is O=C(O)C=CC(=O)Nc1ccccc1Sc1nccc(C(F)(F)F)n1. The van der Waals surface area contributed by atoms with Gasteiger partial charge in [-0.3, -0.25) is 4.79 Å². The predicted molar refractivity (Wildman–Crippen MR) is 83.0 cm³/mol. The number of nitrogens with one attached hydrogen (secondary N) is 1. The van der Waals surface area contributed by atoms with Crippen molar-refractivity contribution in [1.29, 1.82) is 0 Å². The van der Waals surface area contributed by atoms with E-state index in [1.807, 2.05) is 0 Å². The minimum atomic E-state index is -4.59. The summed E-state index contributed by atoms with van der Waals surface area (Å²) in [5.74, 6) is -1.98. The normalized spacial score (nSPS) is 11.5. The maximum atomic E-state index is 12.7. The summed E-state index contributed by atoms with van der Waals surface area (Å²) < 4.78 is 38.1. The molecular formula is C15H10F3N3O3S. The molecule has 0 fully saturated rings. The van der Waals surface area contributed by atoms with Crippen molar-refractivity contribution in [3.8, 4) is 0 Å². The van der Waals surface area contributed by atoms with Gasteiger partial charge in [0.1, 0.15) is 5.69 Å². The number of hydrogen-bond donors (Lipinski definition) is 2. The molecule has 2 N–H and O–H groups in total. The van der Waals surface area contributed by atoms with Gasteiger partial charge in [-0.15, -0.1) is 0 Å². The zero-order valence-corrected chi connectivity index (χ0v) is 13.1. The van der Waals surface area contributed by atoms with Crippen molar-refractivity contribution >= 4 is 29.3 Å². The van der Waals surface area contributed by atoms with E-state index >= 15 is 0 Å². The molecule has 10 heteroatoms. The van der Waals surface area contributed by atoms with Gasteiger partial charge in [-0.1, -0.05) is 12.1 Å². The molecule has 0 aliphatic rings. The fourth-order valence-corrected chi connectivity index (χ4v) is 2.46. The monoisotopic (exact) mass is 369 g/mol. The molecule has 1 amide bonds. The zero-order valence-electron chi connectivity index (χ0n) is 12.3. The molecule has 1 aromatic heterocycles. The Balaban J connectivity index is 2.21. The third-order valence-electron chi connectivity index (χ3n) is 2.65. The predicted octanol–water partition coefficient (Wildman–Crippen LogP) is 3.23. The summed E-state index contributed by atoms with van der Waals surface area (Å²) in [5.41, 5.74) is -0.788. The van der Waals surface area contributed by atoms with E-state index in [0.717, 1.165) is 30.1 Å². The van der Waals surface area contributed by atoms with Gasteiger partial charge in [-0.2, -0.15) is 13.2 Å². The Morgan fingerprint density at radius 1 is 1.16 bits per heavy atom. The Bertz CT molecular complexity index is 825. The van der Waals surface area contributed by atoms with Crippen molar-refractivity contribution in [3.63, 3.8) is 0 Å². The van der Waals surface area contributed by atoms with Crippen LogP contribution in [0.4, 0.5) is 18.9 Å². The molecule has 0 unspecified atom stereocenters. The molecule has 2 aromatic rings. The first-order chi connectivity index (χ1) is 11.8. The second-order valence-corrected chi connectivity index (χ2v) is 5.49. The van der Waals surface area contributed by atoms with Gasteiger partial charge in [0.15, 0.2) is 5.16 Å². The molecule has 1 aromatic carbocycles. The maximum absolute atomic E-state index is 12.7. The molecule has 25 heavy (non-hydrogen) atoms. The van der Waals surface area contributed by atoms with E-state index in [2.05, 4.69) is 15.3 Å². The number of aromatic nitrogens is 2. The van der Waals surface area contributed by atoms with Crippen LogP contribution in [0.25, 0.3) is 0 Å². The Hall–Kier alpha value is -2.88. The van der Waals surface area contributed by atoms with Crippen LogP contribution < -0.4 is 5.32 Å². The molecule has 6 nitrogen and oxygen atoms in total. The van der Waals surface area contributed by atoms with Crippen LogP contribution >= 0.6 is 11.8 Å². The van der Waals surface area contributed by atoms with Crippen molar-refractivity contribution < 1.29 is 27.9 Å². The third kappa shape index (κ3) is 5.60. The summed E-state index contributed by atoms with van der Waals surface area (Å²) in [5, 5.41) is 10.8. The molecule has 0 saturated heterocycles. The summed E-state index contributed by atoms with van der Waals surface area (Å²) in [6.45, 7) is 0. The lowest BCUT2D eigenvalue weighted by Gasteiger charge is -2.10. The minimum Gasteiger partial charge on any atom is -0.478 e. The van der Waals surface area contributed by atoms with Crippen LogP contribution in [-0.4, -0.2) is 27.0 Å². The molecule has 1 heterocycles. The fourth-order valence-electron chi connectivity index (χ4n) is 1.63. The fraction of sp³-hybridized carbons (Fsp3) is 0.0667. The Kier molecular flexibility index (Phi) is 5.75. The van der Waals surface area contributed by atoms with Crippen LogP contribution in [0.2, 0.25) is 0 Å². The molecule has 0 aliphatic carbocycles. The van der Waals surface area contributed by atoms with Crippen molar-refractivity contribution in [2.75, 3.05) is 5.32 Å². The number of hydrogen-bond acceptors (Lipinski definition) is 5. The summed E-state index contributed by atoms with van der Waals surface area (Å²) in [6.07, 6.45) is -2.10. The van der Waals surface area contributed by atoms with E-state index in [1.54, 1.807) is 18.2 Å². The van der Waals surface area contributed by atoms with Crippen LogP contribution in [-0.2, 0) is 15.8 Å². The maximum Gasteiger partial charge on any atom is 0.433 e. The number of carbonyl (C=O) groups excluding carboxylic acids is 1. The summed E-state index contributed by atoms with van der Waals surface area (Å²) >= 11 is 0.834. The zero-order chi connectivity index (χ0) is 18.4. The Morgan fingerprint density at radius 2 is 1.88 bits per heavy atom. The van der Waals surface area contributed by atoms with Crippen molar-refractivity contribution in [3.05, 3.63) is 54.4 Å². The lowest BCUT2D eigenvalue weighted by atomic mass is 10.3. The number of anilines is 1. The number of rotatable bonds is 5. The van der Waals surface area contributed by atoms with E-state index in [0.29, 0.717) is 11.0 Å². The van der Waals surface area contributed by atoms with Gasteiger partial charge in [0.2, 0.25) is 5.91 Å². The largest absolute Gasteiger partial charge is 0.478 e. The van der Waals surface area contributed by atoms with E-state index in [9.17, 15) is 22.8 Å². The molecule has 0 bridgehead atoms. The van der Waals surface area contributed by atoms with E-state index in [1.165, 1.54) is 6.07 Å². The highest BCUT2D eigenvalue weighted by Gasteiger charge is 2.32. The average molecular weight is 369 g/mol. The number of carboxylic acids is 1. The Morgan fingerprint density at radius 3 is 2.56 bits per heavy atom. The molecule has 130 valence electrons. The lowest BCUT2D eigenvalue weighted by molar-refractivity contribution is -0.141. The van der Waals surface area contributed by atoms with Gasteiger partial charge < -0.3 is 10.4 Å². The molecule has 2 rings (SSSR count). The van der Waals surface area contributed by atoms with Gasteiger partial charge in [-0.05, 0) is 30.0 Å². The number of para-hydroxylation sites is 1. The van der Waals surface area contributed by atoms with Gasteiger partial charge >= 0.3 is 12.1 Å². The number of aliphatic carboxylic acids is 1. The van der Waals surface area contributed by atoms with Crippen molar-refractivity contribution in [2.24, 2.45) is 0 Å². The summed E-state index contributed by atoms with van der Waals surface area (Å²) in [7, 11) is 0. The van der Waals surface area contributed by atoms with Crippen LogP contribution in [0.1, 0.15) is 5.69 Å². The standard InChI is InChI=1S/C15H10F3N3O3S/c16-15(17,18)11-7-8-19-14(21-11)25-10-4-2-1-3-9(10)20-12(22)5-6-13(23)24/h1-8H,(H,20,22)(H,23,24). The molecule has 0 radical (unpaired) electrons. The highest BCUT2D eigenvalue weighted by Crippen LogP contribution is 2.33. The van der Waals surface area contributed by atoms with E-state index < -0.39 is 23.7 Å². The number of halogens is 3.